The Balaban J connectivity index is 1.89. The SMILES string of the molecule is NC1(c2c(N3CCOCC3)cnc3ccccc23)CCCCC1. The molecule has 2 N–H and O–H groups in total. The summed E-state index contributed by atoms with van der Waals surface area (Å²) in [6.07, 6.45) is 7.91. The van der Waals surface area contributed by atoms with Crippen LogP contribution >= 0.6 is 0 Å². The summed E-state index contributed by atoms with van der Waals surface area (Å²) in [6, 6.07) is 8.43. The molecule has 1 aliphatic heterocycles. The minimum Gasteiger partial charge on any atom is -0.378 e. The van der Waals surface area contributed by atoms with Gasteiger partial charge in [-0.1, -0.05) is 37.5 Å². The second-order valence-electron chi connectivity index (χ2n) is 6.85. The molecule has 4 nitrogen and oxygen atoms in total. The highest BCUT2D eigenvalue weighted by molar-refractivity contribution is 5.88. The molecule has 4 heteroatoms. The van der Waals surface area contributed by atoms with Crippen LogP contribution in [0.15, 0.2) is 30.5 Å². The maximum Gasteiger partial charge on any atom is 0.0707 e. The van der Waals surface area contributed by atoms with Crippen molar-refractivity contribution in [2.45, 2.75) is 37.6 Å². The fourth-order valence-electron chi connectivity index (χ4n) is 4.13. The van der Waals surface area contributed by atoms with Crippen molar-refractivity contribution in [3.63, 3.8) is 0 Å². The number of hydrogen-bond acceptors (Lipinski definition) is 4. The van der Waals surface area contributed by atoms with Crippen LogP contribution in [0.1, 0.15) is 37.7 Å². The Morgan fingerprint density at radius 2 is 1.78 bits per heavy atom. The van der Waals surface area contributed by atoms with Gasteiger partial charge in [0.2, 0.25) is 0 Å². The first-order valence-electron chi connectivity index (χ1n) is 8.78. The van der Waals surface area contributed by atoms with Crippen LogP contribution in [-0.2, 0) is 10.3 Å². The van der Waals surface area contributed by atoms with Crippen LogP contribution in [0, 0.1) is 0 Å². The zero-order chi connectivity index (χ0) is 15.7. The van der Waals surface area contributed by atoms with Crippen LogP contribution in [0.3, 0.4) is 0 Å². The first kappa shape index (κ1) is 14.9. The zero-order valence-electron chi connectivity index (χ0n) is 13.6. The molecular formula is C19H25N3O. The Hall–Kier alpha value is -1.65. The lowest BCUT2D eigenvalue weighted by atomic mass is 9.75. The van der Waals surface area contributed by atoms with E-state index in [9.17, 15) is 0 Å². The van der Waals surface area contributed by atoms with Crippen LogP contribution in [-0.4, -0.2) is 31.3 Å². The van der Waals surface area contributed by atoms with E-state index in [1.54, 1.807) is 0 Å². The molecule has 1 aromatic carbocycles. The van der Waals surface area contributed by atoms with Crippen LogP contribution in [0.4, 0.5) is 5.69 Å². The summed E-state index contributed by atoms with van der Waals surface area (Å²) in [4.78, 5) is 7.11. The van der Waals surface area contributed by atoms with Crippen molar-refractivity contribution in [3.05, 3.63) is 36.0 Å². The topological polar surface area (TPSA) is 51.4 Å². The number of hydrogen-bond donors (Lipinski definition) is 1. The first-order valence-corrected chi connectivity index (χ1v) is 8.78. The van der Waals surface area contributed by atoms with Crippen molar-refractivity contribution in [1.29, 1.82) is 0 Å². The van der Waals surface area contributed by atoms with Gasteiger partial charge in [-0.15, -0.1) is 0 Å². The molecule has 122 valence electrons. The highest BCUT2D eigenvalue weighted by Crippen LogP contribution is 2.42. The maximum absolute atomic E-state index is 6.97. The van der Waals surface area contributed by atoms with Crippen molar-refractivity contribution in [1.82, 2.24) is 4.98 Å². The third-order valence-electron chi connectivity index (χ3n) is 5.35. The molecule has 1 saturated carbocycles. The second-order valence-corrected chi connectivity index (χ2v) is 6.85. The molecule has 0 bridgehead atoms. The number of rotatable bonds is 2. The number of ether oxygens (including phenoxy) is 1. The molecule has 2 heterocycles. The quantitative estimate of drug-likeness (QED) is 0.925. The summed E-state index contributed by atoms with van der Waals surface area (Å²) in [7, 11) is 0. The van der Waals surface area contributed by atoms with E-state index in [-0.39, 0.29) is 5.54 Å². The smallest absolute Gasteiger partial charge is 0.0707 e. The third kappa shape index (κ3) is 2.70. The molecule has 1 aromatic heterocycles. The molecule has 0 spiro atoms. The molecular weight excluding hydrogens is 286 g/mol. The zero-order valence-corrected chi connectivity index (χ0v) is 13.6. The summed E-state index contributed by atoms with van der Waals surface area (Å²) >= 11 is 0. The van der Waals surface area contributed by atoms with Gasteiger partial charge in [0.25, 0.3) is 0 Å². The summed E-state index contributed by atoms with van der Waals surface area (Å²) in [5.41, 5.74) is 10.3. The number of aromatic nitrogens is 1. The highest BCUT2D eigenvalue weighted by Gasteiger charge is 2.34. The molecule has 2 fully saturated rings. The van der Waals surface area contributed by atoms with Crippen LogP contribution in [0.2, 0.25) is 0 Å². The van der Waals surface area contributed by atoms with Crippen LogP contribution < -0.4 is 10.6 Å². The summed E-state index contributed by atoms with van der Waals surface area (Å²) < 4.78 is 5.53. The summed E-state index contributed by atoms with van der Waals surface area (Å²) in [5, 5.41) is 1.22. The Bertz CT molecular complexity index is 688. The van der Waals surface area contributed by atoms with Crippen LogP contribution in [0.25, 0.3) is 10.9 Å². The van der Waals surface area contributed by atoms with Crippen LogP contribution in [0.5, 0.6) is 0 Å². The Morgan fingerprint density at radius 1 is 1.04 bits per heavy atom. The summed E-state index contributed by atoms with van der Waals surface area (Å²) in [5.74, 6) is 0. The van der Waals surface area contributed by atoms with Gasteiger partial charge in [-0.25, -0.2) is 0 Å². The molecule has 1 saturated heterocycles. The number of anilines is 1. The Labute approximate surface area is 137 Å². The van der Waals surface area contributed by atoms with Crippen molar-refractivity contribution >= 4 is 16.6 Å². The van der Waals surface area contributed by atoms with Gasteiger partial charge in [0.15, 0.2) is 0 Å². The lowest BCUT2D eigenvalue weighted by molar-refractivity contribution is 0.122. The van der Waals surface area contributed by atoms with E-state index in [0.29, 0.717) is 0 Å². The monoisotopic (exact) mass is 311 g/mol. The molecule has 1 aliphatic carbocycles. The van der Waals surface area contributed by atoms with Gasteiger partial charge >= 0.3 is 0 Å². The van der Waals surface area contributed by atoms with E-state index in [1.165, 1.54) is 35.9 Å². The van der Waals surface area contributed by atoms with Gasteiger partial charge in [-0.05, 0) is 18.9 Å². The molecule has 0 atom stereocenters. The lowest BCUT2D eigenvalue weighted by Gasteiger charge is -2.39. The largest absolute Gasteiger partial charge is 0.378 e. The van der Waals surface area contributed by atoms with Crippen molar-refractivity contribution in [3.8, 4) is 0 Å². The minimum absolute atomic E-state index is 0.228. The third-order valence-corrected chi connectivity index (χ3v) is 5.35. The predicted octanol–water partition coefficient (Wildman–Crippen LogP) is 3.19. The Kier molecular flexibility index (Phi) is 3.95. The molecule has 0 unspecified atom stereocenters. The molecule has 2 aliphatic rings. The number of benzene rings is 1. The van der Waals surface area contributed by atoms with Crippen molar-refractivity contribution in [2.75, 3.05) is 31.2 Å². The second kappa shape index (κ2) is 6.10. The molecule has 0 radical (unpaired) electrons. The fraction of sp³-hybridized carbons (Fsp3) is 0.526. The summed E-state index contributed by atoms with van der Waals surface area (Å²) in [6.45, 7) is 3.40. The minimum atomic E-state index is -0.228. The van der Waals surface area contributed by atoms with E-state index in [4.69, 9.17) is 15.5 Å². The lowest BCUT2D eigenvalue weighted by Crippen LogP contribution is -2.43. The maximum atomic E-state index is 6.97. The number of morpholine rings is 1. The fourth-order valence-corrected chi connectivity index (χ4v) is 4.13. The van der Waals surface area contributed by atoms with Crippen molar-refractivity contribution in [2.24, 2.45) is 5.73 Å². The van der Waals surface area contributed by atoms with Crippen molar-refractivity contribution < 1.29 is 4.74 Å². The van der Waals surface area contributed by atoms with Gasteiger partial charge in [-0.2, -0.15) is 0 Å². The van der Waals surface area contributed by atoms with Gasteiger partial charge in [0.05, 0.1) is 30.6 Å². The normalized spacial score (nSPS) is 21.5. The number of fused-ring (bicyclic) bond motifs is 1. The van der Waals surface area contributed by atoms with E-state index >= 15 is 0 Å². The van der Waals surface area contributed by atoms with Gasteiger partial charge in [0.1, 0.15) is 0 Å². The van der Waals surface area contributed by atoms with Gasteiger partial charge in [0, 0.05) is 29.6 Å². The van der Waals surface area contributed by atoms with E-state index < -0.39 is 0 Å². The highest BCUT2D eigenvalue weighted by atomic mass is 16.5. The van der Waals surface area contributed by atoms with E-state index in [1.807, 2.05) is 6.20 Å². The number of pyridine rings is 1. The first-order chi connectivity index (χ1) is 11.3. The molecule has 23 heavy (non-hydrogen) atoms. The molecule has 4 rings (SSSR count). The molecule has 0 amide bonds. The van der Waals surface area contributed by atoms with Gasteiger partial charge < -0.3 is 15.4 Å². The predicted molar refractivity (Wildman–Crippen MR) is 93.7 cm³/mol. The number of para-hydroxylation sites is 1. The van der Waals surface area contributed by atoms with Gasteiger partial charge in [-0.3, -0.25) is 4.98 Å². The standard InChI is InChI=1S/C19H25N3O/c20-19(8-4-1-5-9-19)18-15-6-2-3-7-16(15)21-14-17(18)22-10-12-23-13-11-22/h2-3,6-7,14H,1,4-5,8-13,20H2. The average Bonchev–Trinajstić information content (AvgIpc) is 2.62. The van der Waals surface area contributed by atoms with E-state index in [0.717, 1.165) is 44.7 Å². The van der Waals surface area contributed by atoms with E-state index in [2.05, 4.69) is 29.2 Å². The Morgan fingerprint density at radius 3 is 2.57 bits per heavy atom. The average molecular weight is 311 g/mol. The molecule has 2 aromatic rings. The number of nitrogens with two attached hydrogens (primary N) is 1. The number of nitrogens with zero attached hydrogens (tertiary/aromatic N) is 2.